The van der Waals surface area contributed by atoms with Crippen LogP contribution in [0.1, 0.15) is 37.7 Å². The van der Waals surface area contributed by atoms with Gasteiger partial charge in [0.15, 0.2) is 5.75 Å². The van der Waals surface area contributed by atoms with E-state index in [4.69, 9.17) is 37.7 Å². The molecule has 6 rings (SSSR count). The second-order valence-corrected chi connectivity index (χ2v) is 12.3. The molecule has 0 N–H and O–H groups in total. The van der Waals surface area contributed by atoms with E-state index in [2.05, 4.69) is 19.8 Å². The number of pyridine rings is 1. The van der Waals surface area contributed by atoms with Gasteiger partial charge in [0.05, 0.1) is 25.2 Å². The highest BCUT2D eigenvalue weighted by atomic mass is 35.5. The number of anilines is 1. The number of halogens is 2. The monoisotopic (exact) mass is 624 g/mol. The number of esters is 1. The number of nitrogens with zero attached hydrogens (tertiary/aromatic N) is 6. The normalized spacial score (nSPS) is 19.4. The second-order valence-electron chi connectivity index (χ2n) is 11.4. The average Bonchev–Trinajstić information content (AvgIpc) is 3.37. The average molecular weight is 626 g/mol. The summed E-state index contributed by atoms with van der Waals surface area (Å²) in [6, 6.07) is 9.54. The van der Waals surface area contributed by atoms with Crippen LogP contribution in [0.15, 0.2) is 42.7 Å². The number of benzene rings is 1. The van der Waals surface area contributed by atoms with Gasteiger partial charge in [-0.3, -0.25) is 14.5 Å². The number of rotatable bonds is 8. The van der Waals surface area contributed by atoms with Gasteiger partial charge in [0.2, 0.25) is 17.7 Å². The molecule has 1 atom stereocenters. The number of ether oxygens (including phenoxy) is 2. The van der Waals surface area contributed by atoms with Gasteiger partial charge in [-0.1, -0.05) is 23.2 Å². The van der Waals surface area contributed by atoms with Gasteiger partial charge >= 0.3 is 5.97 Å². The molecule has 2 aromatic heterocycles. The number of likely N-dealkylation sites (tertiary alicyclic amines) is 1. The summed E-state index contributed by atoms with van der Waals surface area (Å²) in [6.45, 7) is 4.62. The van der Waals surface area contributed by atoms with Gasteiger partial charge in [-0.2, -0.15) is 0 Å². The Labute approximate surface area is 260 Å². The van der Waals surface area contributed by atoms with Crippen molar-refractivity contribution < 1.29 is 19.1 Å². The summed E-state index contributed by atoms with van der Waals surface area (Å²) >= 11 is 12.6. The van der Waals surface area contributed by atoms with Gasteiger partial charge in [0.1, 0.15) is 0 Å². The van der Waals surface area contributed by atoms with E-state index in [-0.39, 0.29) is 17.9 Å². The van der Waals surface area contributed by atoms with Crippen molar-refractivity contribution in [1.29, 1.82) is 0 Å². The molecular weight excluding hydrogens is 591 g/mol. The number of carbonyl (C=O) groups is 2. The SMILES string of the molecule is COC(=O)CC1CCN(Cc2cc(Oc3cnc(N4CCN5C(=O)CCC5C4)nc3)nc(-c3cc(Cl)cc(Cl)c3)c2)CC1. The van der Waals surface area contributed by atoms with E-state index in [1.807, 2.05) is 29.2 Å². The molecule has 1 aromatic carbocycles. The zero-order valence-corrected chi connectivity index (χ0v) is 25.6. The van der Waals surface area contributed by atoms with Crippen molar-refractivity contribution in [3.05, 3.63) is 58.3 Å². The maximum atomic E-state index is 12.0. The first-order valence-electron chi connectivity index (χ1n) is 14.6. The fourth-order valence-electron chi connectivity index (χ4n) is 6.17. The number of piperazine rings is 1. The largest absolute Gasteiger partial charge is 0.469 e. The topological polar surface area (TPSA) is 101 Å². The number of hydrogen-bond donors (Lipinski definition) is 0. The number of aromatic nitrogens is 3. The third kappa shape index (κ3) is 7.20. The van der Waals surface area contributed by atoms with Crippen LogP contribution < -0.4 is 9.64 Å². The van der Waals surface area contributed by atoms with Crippen molar-refractivity contribution >= 4 is 41.0 Å². The molecule has 43 heavy (non-hydrogen) atoms. The smallest absolute Gasteiger partial charge is 0.305 e. The highest BCUT2D eigenvalue weighted by molar-refractivity contribution is 6.35. The molecule has 3 aromatic rings. The van der Waals surface area contributed by atoms with E-state index >= 15 is 0 Å². The highest BCUT2D eigenvalue weighted by Crippen LogP contribution is 2.31. The van der Waals surface area contributed by atoms with Crippen LogP contribution in [0.25, 0.3) is 11.3 Å². The summed E-state index contributed by atoms with van der Waals surface area (Å²) in [6.07, 6.45) is 7.16. The predicted octanol–water partition coefficient (Wildman–Crippen LogP) is 5.22. The molecule has 0 spiro atoms. The number of methoxy groups -OCH3 is 1. The predicted molar refractivity (Wildman–Crippen MR) is 163 cm³/mol. The lowest BCUT2D eigenvalue weighted by Gasteiger charge is -2.37. The van der Waals surface area contributed by atoms with E-state index in [1.54, 1.807) is 18.5 Å². The fourth-order valence-corrected chi connectivity index (χ4v) is 6.70. The highest BCUT2D eigenvalue weighted by Gasteiger charge is 2.36. The van der Waals surface area contributed by atoms with Gasteiger partial charge in [-0.05, 0) is 68.1 Å². The first-order chi connectivity index (χ1) is 20.8. The number of fused-ring (bicyclic) bond motifs is 1. The molecule has 3 fully saturated rings. The molecule has 3 aliphatic heterocycles. The molecule has 0 saturated carbocycles. The molecule has 0 bridgehead atoms. The van der Waals surface area contributed by atoms with Gasteiger partial charge in [0.25, 0.3) is 0 Å². The molecule has 0 aliphatic carbocycles. The van der Waals surface area contributed by atoms with Crippen molar-refractivity contribution in [2.24, 2.45) is 5.92 Å². The van der Waals surface area contributed by atoms with Crippen LogP contribution in [-0.4, -0.2) is 82.5 Å². The lowest BCUT2D eigenvalue weighted by atomic mass is 9.93. The van der Waals surface area contributed by atoms with Crippen LogP contribution in [0.4, 0.5) is 5.95 Å². The molecular formula is C31H34Cl2N6O4. The lowest BCUT2D eigenvalue weighted by Crippen LogP contribution is -2.51. The Hall–Kier alpha value is -3.47. The van der Waals surface area contributed by atoms with Gasteiger partial charge in [-0.25, -0.2) is 15.0 Å². The lowest BCUT2D eigenvalue weighted by molar-refractivity contribution is -0.142. The molecule has 1 amide bonds. The molecule has 1 unspecified atom stereocenters. The molecule has 3 saturated heterocycles. The molecule has 226 valence electrons. The fraction of sp³-hybridized carbons (Fsp3) is 0.452. The van der Waals surface area contributed by atoms with E-state index in [0.29, 0.717) is 71.7 Å². The number of hydrogen-bond acceptors (Lipinski definition) is 9. The first-order valence-corrected chi connectivity index (χ1v) is 15.4. The van der Waals surface area contributed by atoms with E-state index in [1.165, 1.54) is 7.11 Å². The van der Waals surface area contributed by atoms with E-state index in [9.17, 15) is 9.59 Å². The Bertz CT molecular complexity index is 1460. The third-order valence-corrected chi connectivity index (χ3v) is 8.87. The minimum absolute atomic E-state index is 0.149. The Morgan fingerprint density at radius 1 is 0.977 bits per heavy atom. The second kappa shape index (κ2) is 13.0. The summed E-state index contributed by atoms with van der Waals surface area (Å²) in [5, 5.41) is 1.05. The quantitative estimate of drug-likeness (QED) is 0.312. The van der Waals surface area contributed by atoms with Gasteiger partial charge in [-0.15, -0.1) is 0 Å². The zero-order valence-electron chi connectivity index (χ0n) is 24.0. The van der Waals surface area contributed by atoms with Crippen molar-refractivity contribution in [3.8, 4) is 22.9 Å². The summed E-state index contributed by atoms with van der Waals surface area (Å²) in [5.41, 5.74) is 2.51. The van der Waals surface area contributed by atoms with Crippen molar-refractivity contribution in [2.75, 3.05) is 44.7 Å². The van der Waals surface area contributed by atoms with Crippen molar-refractivity contribution in [2.45, 2.75) is 44.7 Å². The maximum Gasteiger partial charge on any atom is 0.305 e. The van der Waals surface area contributed by atoms with Crippen molar-refractivity contribution in [3.63, 3.8) is 0 Å². The van der Waals surface area contributed by atoms with Gasteiger partial charge < -0.3 is 19.3 Å². The van der Waals surface area contributed by atoms with Crippen LogP contribution >= 0.6 is 23.2 Å². The van der Waals surface area contributed by atoms with E-state index in [0.717, 1.165) is 50.0 Å². The number of amides is 1. The molecule has 0 radical (unpaired) electrons. The Balaban J connectivity index is 1.18. The maximum absolute atomic E-state index is 12.0. The van der Waals surface area contributed by atoms with Gasteiger partial charge in [0, 0.05) is 66.7 Å². The third-order valence-electron chi connectivity index (χ3n) is 8.43. The minimum atomic E-state index is -0.149. The van der Waals surface area contributed by atoms with Crippen LogP contribution in [0.2, 0.25) is 10.0 Å². The summed E-state index contributed by atoms with van der Waals surface area (Å²) in [7, 11) is 1.44. The minimum Gasteiger partial charge on any atom is -0.469 e. The van der Waals surface area contributed by atoms with Crippen LogP contribution in [0.3, 0.4) is 0 Å². The molecule has 3 aliphatic rings. The van der Waals surface area contributed by atoms with Crippen molar-refractivity contribution in [1.82, 2.24) is 24.8 Å². The molecule has 12 heteroatoms. The summed E-state index contributed by atoms with van der Waals surface area (Å²) in [5.74, 6) is 1.95. The number of carbonyl (C=O) groups excluding carboxylic acids is 2. The summed E-state index contributed by atoms with van der Waals surface area (Å²) < 4.78 is 11.0. The first kappa shape index (κ1) is 29.6. The summed E-state index contributed by atoms with van der Waals surface area (Å²) in [4.78, 5) is 44.1. The Kier molecular flexibility index (Phi) is 8.97. The zero-order chi connectivity index (χ0) is 29.9. The Morgan fingerprint density at radius 3 is 2.44 bits per heavy atom. The standard InChI is InChI=1S/C31H34Cl2N6O4/c1-42-30(41)12-20-4-6-37(7-5-20)18-21-10-27(22-13-23(32)15-24(33)14-22)36-28(11-21)43-26-16-34-31(35-17-26)38-8-9-39-25(19-38)2-3-29(39)40/h10-11,13-17,20,25H,2-9,12,18-19H2,1H3. The van der Waals surface area contributed by atoms with Crippen LogP contribution in [0.5, 0.6) is 11.6 Å². The molecule has 10 nitrogen and oxygen atoms in total. The molecule has 5 heterocycles. The van der Waals surface area contributed by atoms with Crippen LogP contribution in [0, 0.1) is 5.92 Å². The Morgan fingerprint density at radius 2 is 1.72 bits per heavy atom. The van der Waals surface area contributed by atoms with Crippen LogP contribution in [-0.2, 0) is 20.9 Å². The van der Waals surface area contributed by atoms with E-state index < -0.39 is 0 Å². The number of piperidine rings is 1.